The van der Waals surface area contributed by atoms with Crippen molar-refractivity contribution >= 4 is 6.47 Å². The van der Waals surface area contributed by atoms with Gasteiger partial charge in [-0.1, -0.05) is 48.9 Å². The summed E-state index contributed by atoms with van der Waals surface area (Å²) in [6.45, 7) is 5.33. The van der Waals surface area contributed by atoms with E-state index in [0.717, 1.165) is 32.7 Å². The molecule has 3 unspecified atom stereocenters. The molecule has 2 aromatic carbocycles. The van der Waals surface area contributed by atoms with Crippen LogP contribution in [0.4, 0.5) is 4.39 Å². The number of rotatable bonds is 7. The summed E-state index contributed by atoms with van der Waals surface area (Å²) in [7, 11) is 2.12. The van der Waals surface area contributed by atoms with Gasteiger partial charge in [-0.25, -0.2) is 4.39 Å². The quantitative estimate of drug-likeness (QED) is 0.560. The number of hydrogen-bond donors (Lipinski definition) is 2. The zero-order valence-electron chi connectivity index (χ0n) is 20.9. The number of nitrogens with one attached hydrogen (secondary N) is 1. The first-order valence-corrected chi connectivity index (χ1v) is 13.2. The molecule has 1 saturated carbocycles. The average Bonchev–Trinajstić information content (AvgIpc) is 3.32. The van der Waals surface area contributed by atoms with Gasteiger partial charge in [-0.05, 0) is 87.3 Å². The normalized spacial score (nSPS) is 25.2. The molecule has 2 N–H and O–H groups in total. The molecule has 0 bridgehead atoms. The minimum absolute atomic E-state index is 0.0522. The molecule has 3 atom stereocenters. The standard InChI is InChI=1S/C28H38FN3.CH2O2/c1-30-27-13-6-12-26(27)28(32-16-7-17-32,24-10-5-11-25(29)20-24)23-14-18-31(19-15-23)21-22-8-3-2-4-9-22;2-1-3/h2-5,8-11,20,23,26-27,30H,6-7,12-19,21H2,1H3;1H,(H,2,3). The second kappa shape index (κ2) is 12.1. The molecule has 0 radical (unpaired) electrons. The summed E-state index contributed by atoms with van der Waals surface area (Å²) < 4.78 is 14.6. The highest BCUT2D eigenvalue weighted by molar-refractivity contribution is 5.32. The molecule has 0 amide bonds. The third-order valence-electron chi connectivity index (χ3n) is 8.58. The summed E-state index contributed by atoms with van der Waals surface area (Å²) in [5, 5.41) is 10.5. The van der Waals surface area contributed by atoms with E-state index in [4.69, 9.17) is 9.90 Å². The lowest BCUT2D eigenvalue weighted by Gasteiger charge is -2.59. The highest BCUT2D eigenvalue weighted by atomic mass is 19.1. The molecule has 6 heteroatoms. The fourth-order valence-electron chi connectivity index (χ4n) is 7.06. The first-order chi connectivity index (χ1) is 17.1. The van der Waals surface area contributed by atoms with Crippen LogP contribution in [0.5, 0.6) is 0 Å². The Hall–Kier alpha value is -2.28. The maximum absolute atomic E-state index is 14.6. The van der Waals surface area contributed by atoms with Crippen molar-refractivity contribution in [2.24, 2.45) is 11.8 Å². The van der Waals surface area contributed by atoms with E-state index in [0.29, 0.717) is 17.9 Å². The fourth-order valence-corrected chi connectivity index (χ4v) is 7.06. The van der Waals surface area contributed by atoms with Crippen LogP contribution in [-0.2, 0) is 16.9 Å². The van der Waals surface area contributed by atoms with Crippen LogP contribution in [0, 0.1) is 17.7 Å². The Morgan fingerprint density at radius 2 is 1.71 bits per heavy atom. The van der Waals surface area contributed by atoms with E-state index in [9.17, 15) is 4.39 Å². The van der Waals surface area contributed by atoms with E-state index in [1.54, 1.807) is 6.07 Å². The molecule has 3 fully saturated rings. The van der Waals surface area contributed by atoms with Crippen molar-refractivity contribution < 1.29 is 14.3 Å². The van der Waals surface area contributed by atoms with Crippen LogP contribution in [-0.4, -0.2) is 60.6 Å². The second-order valence-electron chi connectivity index (χ2n) is 10.3. The molecular weight excluding hydrogens is 441 g/mol. The van der Waals surface area contributed by atoms with Crippen molar-refractivity contribution in [3.63, 3.8) is 0 Å². The molecule has 2 saturated heterocycles. The number of nitrogens with zero attached hydrogens (tertiary/aromatic N) is 2. The van der Waals surface area contributed by atoms with E-state index in [1.807, 2.05) is 12.1 Å². The molecule has 2 heterocycles. The largest absolute Gasteiger partial charge is 0.483 e. The van der Waals surface area contributed by atoms with Gasteiger partial charge in [0.2, 0.25) is 0 Å². The predicted octanol–water partition coefficient (Wildman–Crippen LogP) is 4.73. The van der Waals surface area contributed by atoms with Crippen LogP contribution in [0.15, 0.2) is 54.6 Å². The Bertz CT molecular complexity index is 931. The van der Waals surface area contributed by atoms with Crippen LogP contribution in [0.2, 0.25) is 0 Å². The van der Waals surface area contributed by atoms with Gasteiger partial charge < -0.3 is 10.4 Å². The van der Waals surface area contributed by atoms with E-state index in [2.05, 4.69) is 58.6 Å². The number of carboxylic acid groups (broad SMARTS) is 1. The Kier molecular flexibility index (Phi) is 8.93. The highest BCUT2D eigenvalue weighted by Gasteiger charge is 2.55. The van der Waals surface area contributed by atoms with E-state index in [1.165, 1.54) is 49.7 Å². The van der Waals surface area contributed by atoms with Crippen molar-refractivity contribution in [1.29, 1.82) is 0 Å². The Morgan fingerprint density at radius 3 is 2.31 bits per heavy atom. The average molecular weight is 482 g/mol. The predicted molar refractivity (Wildman–Crippen MR) is 138 cm³/mol. The zero-order chi connectivity index (χ0) is 24.7. The number of likely N-dealkylation sites (tertiary alicyclic amines) is 2. The van der Waals surface area contributed by atoms with Crippen molar-refractivity contribution in [3.8, 4) is 0 Å². The van der Waals surface area contributed by atoms with Gasteiger partial charge in [-0.15, -0.1) is 0 Å². The SMILES string of the molecule is CNC1CCCC1C(c1cccc(F)c1)(C1CCN(Cc2ccccc2)CC1)N1CCC1.O=CO. The topological polar surface area (TPSA) is 55.8 Å². The third kappa shape index (κ3) is 5.45. The summed E-state index contributed by atoms with van der Waals surface area (Å²) in [5.41, 5.74) is 2.57. The lowest BCUT2D eigenvalue weighted by molar-refractivity contribution is -0.122. The van der Waals surface area contributed by atoms with Crippen molar-refractivity contribution in [2.75, 3.05) is 33.2 Å². The Labute approximate surface area is 209 Å². The second-order valence-corrected chi connectivity index (χ2v) is 10.3. The molecular formula is C29H40FN3O2. The minimum Gasteiger partial charge on any atom is -0.483 e. The highest BCUT2D eigenvalue weighted by Crippen LogP contribution is 2.53. The molecule has 0 aromatic heterocycles. The number of carbonyl (C=O) groups is 1. The molecule has 5 nitrogen and oxygen atoms in total. The van der Waals surface area contributed by atoms with Gasteiger partial charge in [0.25, 0.3) is 6.47 Å². The van der Waals surface area contributed by atoms with Crippen LogP contribution < -0.4 is 5.32 Å². The fraction of sp³-hybridized carbons (Fsp3) is 0.552. The van der Waals surface area contributed by atoms with Gasteiger partial charge in [0.05, 0.1) is 5.54 Å². The van der Waals surface area contributed by atoms with Crippen LogP contribution in [0.3, 0.4) is 0 Å². The zero-order valence-corrected chi connectivity index (χ0v) is 20.9. The first kappa shape index (κ1) is 25.8. The minimum atomic E-state index is -0.250. The van der Waals surface area contributed by atoms with Gasteiger partial charge >= 0.3 is 0 Å². The summed E-state index contributed by atoms with van der Waals surface area (Å²) in [6, 6.07) is 19.0. The van der Waals surface area contributed by atoms with E-state index >= 15 is 0 Å². The third-order valence-corrected chi connectivity index (χ3v) is 8.58. The Morgan fingerprint density at radius 1 is 1.00 bits per heavy atom. The monoisotopic (exact) mass is 481 g/mol. The molecule has 2 aromatic rings. The first-order valence-electron chi connectivity index (χ1n) is 13.2. The van der Waals surface area contributed by atoms with Gasteiger partial charge in [0.15, 0.2) is 0 Å². The number of benzene rings is 2. The maximum atomic E-state index is 14.6. The van der Waals surface area contributed by atoms with Gasteiger partial charge in [-0.3, -0.25) is 14.6 Å². The van der Waals surface area contributed by atoms with Gasteiger partial charge in [0, 0.05) is 25.7 Å². The van der Waals surface area contributed by atoms with Crippen LogP contribution in [0.25, 0.3) is 0 Å². The molecule has 1 aliphatic carbocycles. The summed E-state index contributed by atoms with van der Waals surface area (Å²) in [5.74, 6) is 1.02. The maximum Gasteiger partial charge on any atom is 0.290 e. The Balaban J connectivity index is 0.000000917. The van der Waals surface area contributed by atoms with E-state index < -0.39 is 0 Å². The van der Waals surface area contributed by atoms with Crippen molar-refractivity contribution in [2.45, 2.75) is 56.7 Å². The summed E-state index contributed by atoms with van der Waals surface area (Å²) >= 11 is 0. The summed E-state index contributed by atoms with van der Waals surface area (Å²) in [6.07, 6.45) is 7.38. The number of piperidine rings is 1. The molecule has 2 aliphatic heterocycles. The van der Waals surface area contributed by atoms with E-state index in [-0.39, 0.29) is 17.8 Å². The van der Waals surface area contributed by atoms with Gasteiger partial charge in [-0.2, -0.15) is 0 Å². The number of halogens is 1. The summed E-state index contributed by atoms with van der Waals surface area (Å²) in [4.78, 5) is 13.7. The van der Waals surface area contributed by atoms with Crippen molar-refractivity contribution in [1.82, 2.24) is 15.1 Å². The number of hydrogen-bond acceptors (Lipinski definition) is 4. The molecule has 5 rings (SSSR count). The van der Waals surface area contributed by atoms with Crippen molar-refractivity contribution in [3.05, 3.63) is 71.5 Å². The molecule has 0 spiro atoms. The van der Waals surface area contributed by atoms with Crippen LogP contribution in [0.1, 0.15) is 49.7 Å². The molecule has 35 heavy (non-hydrogen) atoms. The molecule has 190 valence electrons. The lowest BCUT2D eigenvalue weighted by atomic mass is 9.62. The van der Waals surface area contributed by atoms with Gasteiger partial charge in [0.1, 0.15) is 5.82 Å². The lowest BCUT2D eigenvalue weighted by Crippen LogP contribution is -2.64. The smallest absolute Gasteiger partial charge is 0.290 e. The van der Waals surface area contributed by atoms with Crippen LogP contribution >= 0.6 is 0 Å². The molecule has 3 aliphatic rings.